The Balaban J connectivity index is 3.80. The Hall–Kier alpha value is -0.950. The van der Waals surface area contributed by atoms with Gasteiger partial charge in [-0.25, -0.2) is 4.57 Å². The molecule has 0 aromatic rings. The molecule has 0 spiro atoms. The molecule has 2 N–H and O–H groups in total. The molecule has 1 atom stereocenters. The van der Waals surface area contributed by atoms with Crippen molar-refractivity contribution < 1.29 is 37.9 Å². The number of phosphoric acid groups is 1. The Kier molecular flexibility index (Phi) is 25.6. The molecule has 0 fully saturated rings. The van der Waals surface area contributed by atoms with Gasteiger partial charge in [0.2, 0.25) is 0 Å². The number of carbonyl (C=O) groups excluding carboxylic acids is 2. The highest BCUT2D eigenvalue weighted by molar-refractivity contribution is 7.46. The normalized spacial score (nSPS) is 12.4. The highest BCUT2D eigenvalue weighted by atomic mass is 31.2. The monoisotopic (exact) mass is 564 g/mol. The van der Waals surface area contributed by atoms with Crippen molar-refractivity contribution in [2.24, 2.45) is 0 Å². The molecule has 8 nitrogen and oxygen atoms in total. The van der Waals surface area contributed by atoms with Gasteiger partial charge in [0.25, 0.3) is 0 Å². The van der Waals surface area contributed by atoms with Crippen molar-refractivity contribution in [1.82, 2.24) is 0 Å². The number of rotatable bonds is 28. The molecule has 0 aliphatic carbocycles. The van der Waals surface area contributed by atoms with Crippen molar-refractivity contribution >= 4 is 19.8 Å². The summed E-state index contributed by atoms with van der Waals surface area (Å²) in [5.74, 6) is -0.906. The zero-order valence-corrected chi connectivity index (χ0v) is 25.2. The Morgan fingerprint density at radius 1 is 0.579 bits per heavy atom. The Bertz CT molecular complexity index is 607. The summed E-state index contributed by atoms with van der Waals surface area (Å²) in [5, 5.41) is 0. The molecule has 0 aromatic carbocycles. The molecule has 0 rings (SSSR count). The molecule has 0 aliphatic rings. The van der Waals surface area contributed by atoms with Gasteiger partial charge >= 0.3 is 19.8 Å². The summed E-state index contributed by atoms with van der Waals surface area (Å²) >= 11 is 0. The fraction of sp³-hybridized carbons (Fsp3) is 0.931. The maximum Gasteiger partial charge on any atom is 0.469 e. The molecule has 9 heteroatoms. The van der Waals surface area contributed by atoms with Crippen LogP contribution in [0.15, 0.2) is 0 Å². The zero-order chi connectivity index (χ0) is 28.3. The van der Waals surface area contributed by atoms with Crippen LogP contribution >= 0.6 is 7.82 Å². The summed E-state index contributed by atoms with van der Waals surface area (Å²) in [7, 11) is -4.72. The summed E-state index contributed by atoms with van der Waals surface area (Å²) in [4.78, 5) is 41.8. The number of hydrogen-bond donors (Lipinski definition) is 2. The molecular weight excluding hydrogens is 507 g/mol. The van der Waals surface area contributed by atoms with Crippen LogP contribution in [0, 0.1) is 0 Å². The number of hydrogen-bond acceptors (Lipinski definition) is 6. The second-order valence-electron chi connectivity index (χ2n) is 10.4. The van der Waals surface area contributed by atoms with Crippen LogP contribution in [0.4, 0.5) is 0 Å². The van der Waals surface area contributed by atoms with Crippen molar-refractivity contribution in [3.8, 4) is 0 Å². The highest BCUT2D eigenvalue weighted by Crippen LogP contribution is 2.35. The SMILES string of the molecule is CCCCCCCCCCCCCCCCCCCC(=O)OC(COC(=O)CCCCC)COP(=O)(O)O. The number of phosphoric ester groups is 1. The molecule has 38 heavy (non-hydrogen) atoms. The van der Waals surface area contributed by atoms with E-state index in [0.29, 0.717) is 12.8 Å². The lowest BCUT2D eigenvalue weighted by Crippen LogP contribution is -2.29. The number of carbonyl (C=O) groups is 2. The standard InChI is InChI=1S/C29H57O8P/c1-3-5-7-8-9-10-11-12-13-14-15-16-17-18-19-20-22-24-29(31)37-27(26-36-38(32,33)34)25-35-28(30)23-21-6-4-2/h27H,3-26H2,1-2H3,(H2,32,33,34). The van der Waals surface area contributed by atoms with Crippen molar-refractivity contribution in [2.45, 2.75) is 161 Å². The van der Waals surface area contributed by atoms with Gasteiger partial charge in [0.05, 0.1) is 6.61 Å². The predicted molar refractivity (Wildman–Crippen MR) is 152 cm³/mol. The van der Waals surface area contributed by atoms with Crippen LogP contribution in [0.3, 0.4) is 0 Å². The largest absolute Gasteiger partial charge is 0.469 e. The fourth-order valence-electron chi connectivity index (χ4n) is 4.31. The van der Waals surface area contributed by atoms with Gasteiger partial charge in [-0.05, 0) is 12.8 Å². The Morgan fingerprint density at radius 2 is 0.947 bits per heavy atom. The first kappa shape index (κ1) is 37.0. The van der Waals surface area contributed by atoms with Gasteiger partial charge in [-0.15, -0.1) is 0 Å². The minimum atomic E-state index is -4.72. The van der Waals surface area contributed by atoms with Crippen molar-refractivity contribution in [3.63, 3.8) is 0 Å². The number of esters is 2. The first-order chi connectivity index (χ1) is 18.3. The van der Waals surface area contributed by atoms with E-state index in [1.54, 1.807) is 0 Å². The van der Waals surface area contributed by atoms with Gasteiger partial charge < -0.3 is 19.3 Å². The van der Waals surface area contributed by atoms with E-state index in [1.165, 1.54) is 89.9 Å². The number of ether oxygens (including phenoxy) is 2. The Morgan fingerprint density at radius 3 is 1.39 bits per heavy atom. The fourth-order valence-corrected chi connectivity index (χ4v) is 4.67. The third-order valence-electron chi connectivity index (χ3n) is 6.63. The molecule has 226 valence electrons. The summed E-state index contributed by atoms with van der Waals surface area (Å²) < 4.78 is 25.8. The summed E-state index contributed by atoms with van der Waals surface area (Å²) in [6.45, 7) is 3.47. The van der Waals surface area contributed by atoms with E-state index >= 15 is 0 Å². The lowest BCUT2D eigenvalue weighted by Gasteiger charge is -2.18. The lowest BCUT2D eigenvalue weighted by molar-refractivity contribution is -0.161. The molecule has 0 amide bonds. The van der Waals surface area contributed by atoms with E-state index in [0.717, 1.165) is 25.7 Å². The van der Waals surface area contributed by atoms with Gasteiger partial charge in [0.1, 0.15) is 6.61 Å². The molecule has 1 unspecified atom stereocenters. The van der Waals surface area contributed by atoms with E-state index in [-0.39, 0.29) is 19.4 Å². The van der Waals surface area contributed by atoms with E-state index in [2.05, 4.69) is 11.4 Å². The van der Waals surface area contributed by atoms with Crippen LogP contribution in [0.25, 0.3) is 0 Å². The summed E-state index contributed by atoms with van der Waals surface area (Å²) in [6, 6.07) is 0. The van der Waals surface area contributed by atoms with Gasteiger partial charge in [-0.3, -0.25) is 14.1 Å². The van der Waals surface area contributed by atoms with Gasteiger partial charge in [-0.1, -0.05) is 129 Å². The molecular formula is C29H57O8P. The smallest absolute Gasteiger partial charge is 0.462 e. The van der Waals surface area contributed by atoms with E-state index < -0.39 is 32.5 Å². The summed E-state index contributed by atoms with van der Waals surface area (Å²) in [5.41, 5.74) is 0. The quantitative estimate of drug-likeness (QED) is 0.0555. The molecule has 0 heterocycles. The first-order valence-corrected chi connectivity index (χ1v) is 16.9. The second-order valence-corrected chi connectivity index (χ2v) is 11.7. The molecule has 0 saturated heterocycles. The molecule has 0 aromatic heterocycles. The topological polar surface area (TPSA) is 119 Å². The molecule has 0 saturated carbocycles. The molecule has 0 bridgehead atoms. The van der Waals surface area contributed by atoms with Crippen molar-refractivity contribution in [1.29, 1.82) is 0 Å². The average Bonchev–Trinajstić information content (AvgIpc) is 2.87. The van der Waals surface area contributed by atoms with E-state index in [4.69, 9.17) is 19.3 Å². The van der Waals surface area contributed by atoms with Crippen LogP contribution in [0.1, 0.15) is 155 Å². The molecule has 0 radical (unpaired) electrons. The van der Waals surface area contributed by atoms with Gasteiger partial charge in [0, 0.05) is 12.8 Å². The second kappa shape index (κ2) is 26.3. The minimum Gasteiger partial charge on any atom is -0.462 e. The van der Waals surface area contributed by atoms with Crippen LogP contribution in [-0.4, -0.2) is 41.0 Å². The Labute approximate surface area is 232 Å². The van der Waals surface area contributed by atoms with E-state index in [1.807, 2.05) is 6.92 Å². The maximum absolute atomic E-state index is 12.2. The van der Waals surface area contributed by atoms with Crippen LogP contribution in [-0.2, 0) is 28.2 Å². The predicted octanol–water partition coefficient (Wildman–Crippen LogP) is 8.17. The average molecular weight is 565 g/mol. The summed E-state index contributed by atoms with van der Waals surface area (Å²) in [6.07, 6.45) is 23.5. The van der Waals surface area contributed by atoms with E-state index in [9.17, 15) is 14.2 Å². The highest BCUT2D eigenvalue weighted by Gasteiger charge is 2.22. The zero-order valence-electron chi connectivity index (χ0n) is 24.3. The molecule has 0 aliphatic heterocycles. The third-order valence-corrected chi connectivity index (χ3v) is 7.11. The first-order valence-electron chi connectivity index (χ1n) is 15.3. The van der Waals surface area contributed by atoms with Gasteiger partial charge in [-0.2, -0.15) is 0 Å². The van der Waals surface area contributed by atoms with Crippen LogP contribution in [0.2, 0.25) is 0 Å². The van der Waals surface area contributed by atoms with Crippen molar-refractivity contribution in [2.75, 3.05) is 13.2 Å². The minimum absolute atomic E-state index is 0.218. The lowest BCUT2D eigenvalue weighted by atomic mass is 10.0. The van der Waals surface area contributed by atoms with Crippen LogP contribution < -0.4 is 0 Å². The third kappa shape index (κ3) is 28.1. The maximum atomic E-state index is 12.2. The van der Waals surface area contributed by atoms with Gasteiger partial charge in [0.15, 0.2) is 6.10 Å². The number of unbranched alkanes of at least 4 members (excludes halogenated alkanes) is 18. The van der Waals surface area contributed by atoms with Crippen molar-refractivity contribution in [3.05, 3.63) is 0 Å². The van der Waals surface area contributed by atoms with Crippen LogP contribution in [0.5, 0.6) is 0 Å².